The predicted octanol–water partition coefficient (Wildman–Crippen LogP) is 3.71. The van der Waals surface area contributed by atoms with Crippen LogP contribution in [0.25, 0.3) is 10.2 Å². The molecular weight excluding hydrogens is 356 g/mol. The Kier molecular flexibility index (Phi) is 4.62. The second-order valence-electron chi connectivity index (χ2n) is 6.17. The van der Waals surface area contributed by atoms with E-state index in [-0.39, 0.29) is 11.7 Å². The van der Waals surface area contributed by atoms with Crippen molar-refractivity contribution in [2.75, 3.05) is 11.6 Å². The van der Waals surface area contributed by atoms with Crippen LogP contribution in [0.4, 0.5) is 5.13 Å². The molecule has 0 bridgehead atoms. The largest absolute Gasteiger partial charge is 0.298 e. The van der Waals surface area contributed by atoms with Gasteiger partial charge in [0.05, 0.1) is 16.0 Å². The van der Waals surface area contributed by atoms with Gasteiger partial charge in [0.1, 0.15) is 0 Å². The number of sulfone groups is 1. The summed E-state index contributed by atoms with van der Waals surface area (Å²) in [6, 6.07) is 10.7. The standard InChI is InChI=1S/C18H18N2O3S2/c1-11-8-12(2)16-15(9-11)24-18(19-16)20-17(21)14-6-4-13(5-7-14)10-25(3,22)23/h4-9H,10H2,1-3H3,(H,19,20,21). The lowest BCUT2D eigenvalue weighted by Crippen LogP contribution is -2.11. The molecule has 0 saturated carbocycles. The minimum Gasteiger partial charge on any atom is -0.298 e. The monoisotopic (exact) mass is 374 g/mol. The van der Waals surface area contributed by atoms with Crippen molar-refractivity contribution in [3.05, 3.63) is 58.7 Å². The Hall–Kier alpha value is -2.25. The Balaban J connectivity index is 1.79. The topological polar surface area (TPSA) is 76.1 Å². The first-order chi connectivity index (χ1) is 11.7. The van der Waals surface area contributed by atoms with E-state index in [1.54, 1.807) is 24.3 Å². The molecule has 0 fully saturated rings. The second-order valence-corrected chi connectivity index (χ2v) is 9.34. The summed E-state index contributed by atoms with van der Waals surface area (Å²) >= 11 is 1.44. The van der Waals surface area contributed by atoms with Crippen molar-refractivity contribution in [3.8, 4) is 0 Å². The van der Waals surface area contributed by atoms with Gasteiger partial charge in [-0.25, -0.2) is 13.4 Å². The number of benzene rings is 2. The number of nitrogens with zero attached hydrogens (tertiary/aromatic N) is 1. The van der Waals surface area contributed by atoms with E-state index in [0.29, 0.717) is 16.3 Å². The third-order valence-electron chi connectivity index (χ3n) is 3.70. The van der Waals surface area contributed by atoms with Crippen LogP contribution in [-0.4, -0.2) is 25.6 Å². The van der Waals surface area contributed by atoms with Gasteiger partial charge in [-0.05, 0) is 48.7 Å². The summed E-state index contributed by atoms with van der Waals surface area (Å²) in [6.07, 6.45) is 1.18. The quantitative estimate of drug-likeness (QED) is 0.755. The average molecular weight is 374 g/mol. The van der Waals surface area contributed by atoms with Crippen LogP contribution in [0.1, 0.15) is 27.0 Å². The first-order valence-electron chi connectivity index (χ1n) is 7.67. The number of carbonyl (C=O) groups excluding carboxylic acids is 1. The summed E-state index contributed by atoms with van der Waals surface area (Å²) in [6.45, 7) is 4.03. The molecule has 1 N–H and O–H groups in total. The molecule has 1 amide bonds. The van der Waals surface area contributed by atoms with Crippen LogP contribution in [0.2, 0.25) is 0 Å². The SMILES string of the molecule is Cc1cc(C)c2nc(NC(=O)c3ccc(CS(C)(=O)=O)cc3)sc2c1. The van der Waals surface area contributed by atoms with Crippen LogP contribution in [0, 0.1) is 13.8 Å². The smallest absolute Gasteiger partial charge is 0.257 e. The van der Waals surface area contributed by atoms with Gasteiger partial charge in [-0.3, -0.25) is 10.1 Å². The highest BCUT2D eigenvalue weighted by Gasteiger charge is 2.12. The molecule has 2 aromatic carbocycles. The Labute approximate surface area is 150 Å². The number of amides is 1. The van der Waals surface area contributed by atoms with Crippen LogP contribution in [0.15, 0.2) is 36.4 Å². The maximum atomic E-state index is 12.4. The zero-order chi connectivity index (χ0) is 18.2. The van der Waals surface area contributed by atoms with E-state index in [2.05, 4.69) is 22.4 Å². The van der Waals surface area contributed by atoms with Gasteiger partial charge in [0.25, 0.3) is 5.91 Å². The van der Waals surface area contributed by atoms with Gasteiger partial charge >= 0.3 is 0 Å². The van der Waals surface area contributed by atoms with E-state index in [4.69, 9.17) is 0 Å². The number of aryl methyl sites for hydroxylation is 2. The van der Waals surface area contributed by atoms with Crippen molar-refractivity contribution in [3.63, 3.8) is 0 Å². The molecule has 0 atom stereocenters. The normalized spacial score (nSPS) is 11.6. The number of hydrogen-bond donors (Lipinski definition) is 1. The molecule has 0 aliphatic carbocycles. The van der Waals surface area contributed by atoms with Gasteiger partial charge in [0.2, 0.25) is 0 Å². The highest BCUT2D eigenvalue weighted by Crippen LogP contribution is 2.29. The van der Waals surface area contributed by atoms with E-state index < -0.39 is 9.84 Å². The molecule has 1 heterocycles. The fraction of sp³-hybridized carbons (Fsp3) is 0.222. The van der Waals surface area contributed by atoms with E-state index in [9.17, 15) is 13.2 Å². The molecule has 0 aliphatic heterocycles. The second kappa shape index (κ2) is 6.57. The highest BCUT2D eigenvalue weighted by molar-refractivity contribution is 7.89. The lowest BCUT2D eigenvalue weighted by atomic mass is 10.1. The van der Waals surface area contributed by atoms with Crippen LogP contribution in [0.5, 0.6) is 0 Å². The number of aromatic nitrogens is 1. The van der Waals surface area contributed by atoms with E-state index in [1.165, 1.54) is 17.6 Å². The number of thiazole rings is 1. The van der Waals surface area contributed by atoms with Crippen molar-refractivity contribution in [2.24, 2.45) is 0 Å². The molecule has 0 saturated heterocycles. The number of fused-ring (bicyclic) bond motifs is 1. The third-order valence-corrected chi connectivity index (χ3v) is 5.47. The van der Waals surface area contributed by atoms with Crippen molar-refractivity contribution in [2.45, 2.75) is 19.6 Å². The molecule has 0 aliphatic rings. The number of hydrogen-bond acceptors (Lipinski definition) is 5. The summed E-state index contributed by atoms with van der Waals surface area (Å²) < 4.78 is 23.7. The molecule has 7 heteroatoms. The molecule has 0 radical (unpaired) electrons. The fourth-order valence-corrected chi connectivity index (χ4v) is 4.48. The first kappa shape index (κ1) is 17.6. The van der Waals surface area contributed by atoms with Crippen LogP contribution >= 0.6 is 11.3 Å². The van der Waals surface area contributed by atoms with Gasteiger partial charge in [0, 0.05) is 11.8 Å². The van der Waals surface area contributed by atoms with Crippen LogP contribution < -0.4 is 5.32 Å². The third kappa shape index (κ3) is 4.24. The molecule has 130 valence electrons. The van der Waals surface area contributed by atoms with Gasteiger partial charge in [0.15, 0.2) is 15.0 Å². The van der Waals surface area contributed by atoms with Crippen molar-refractivity contribution in [1.82, 2.24) is 4.98 Å². The molecule has 5 nitrogen and oxygen atoms in total. The minimum absolute atomic E-state index is 0.0363. The van der Waals surface area contributed by atoms with Gasteiger partial charge in [-0.15, -0.1) is 0 Å². The minimum atomic E-state index is -3.09. The number of carbonyl (C=O) groups is 1. The van der Waals surface area contributed by atoms with Gasteiger partial charge < -0.3 is 0 Å². The first-order valence-corrected chi connectivity index (χ1v) is 10.5. The van der Waals surface area contributed by atoms with E-state index in [1.807, 2.05) is 13.8 Å². The molecule has 1 aromatic heterocycles. The predicted molar refractivity (Wildman–Crippen MR) is 102 cm³/mol. The van der Waals surface area contributed by atoms with E-state index in [0.717, 1.165) is 21.3 Å². The molecular formula is C18H18N2O3S2. The molecule has 3 aromatic rings. The van der Waals surface area contributed by atoms with Crippen molar-refractivity contribution >= 4 is 42.4 Å². The van der Waals surface area contributed by atoms with E-state index >= 15 is 0 Å². The van der Waals surface area contributed by atoms with Crippen molar-refractivity contribution in [1.29, 1.82) is 0 Å². The number of nitrogens with one attached hydrogen (secondary N) is 1. The summed E-state index contributed by atoms with van der Waals surface area (Å²) in [5.74, 6) is -0.301. The number of anilines is 1. The summed E-state index contributed by atoms with van der Waals surface area (Å²) in [5, 5.41) is 3.36. The lowest BCUT2D eigenvalue weighted by molar-refractivity contribution is 0.102. The maximum absolute atomic E-state index is 12.4. The fourth-order valence-electron chi connectivity index (χ4n) is 2.65. The molecule has 0 spiro atoms. The van der Waals surface area contributed by atoms with Gasteiger partial charge in [-0.2, -0.15) is 0 Å². The molecule has 3 rings (SSSR count). The van der Waals surface area contributed by atoms with Crippen LogP contribution in [0.3, 0.4) is 0 Å². The molecule has 0 unspecified atom stereocenters. The zero-order valence-corrected chi connectivity index (χ0v) is 15.8. The van der Waals surface area contributed by atoms with Gasteiger partial charge in [-0.1, -0.05) is 29.5 Å². The summed E-state index contributed by atoms with van der Waals surface area (Å²) in [5.41, 5.74) is 4.26. The summed E-state index contributed by atoms with van der Waals surface area (Å²) in [7, 11) is -3.09. The summed E-state index contributed by atoms with van der Waals surface area (Å²) in [4.78, 5) is 16.9. The number of rotatable bonds is 4. The van der Waals surface area contributed by atoms with Crippen molar-refractivity contribution < 1.29 is 13.2 Å². The Bertz CT molecular complexity index is 1050. The van der Waals surface area contributed by atoms with Crippen LogP contribution in [-0.2, 0) is 15.6 Å². The Morgan fingerprint density at radius 1 is 1.16 bits per heavy atom. The molecule has 25 heavy (non-hydrogen) atoms. The average Bonchev–Trinajstić information content (AvgIpc) is 2.89. The maximum Gasteiger partial charge on any atom is 0.257 e. The lowest BCUT2D eigenvalue weighted by Gasteiger charge is -2.03. The highest BCUT2D eigenvalue weighted by atomic mass is 32.2. The Morgan fingerprint density at radius 3 is 2.48 bits per heavy atom. The zero-order valence-electron chi connectivity index (χ0n) is 14.2. The Morgan fingerprint density at radius 2 is 1.84 bits per heavy atom.